The largest absolute Gasteiger partial charge is 0.418 e. The van der Waals surface area contributed by atoms with Crippen molar-refractivity contribution in [2.45, 2.75) is 74.8 Å². The van der Waals surface area contributed by atoms with Crippen LogP contribution in [0, 0.1) is 18.6 Å². The molecule has 6 rings (SSSR count). The predicted molar refractivity (Wildman–Crippen MR) is 151 cm³/mol. The lowest BCUT2D eigenvalue weighted by atomic mass is 9.91. The standard InChI is InChI=1S/C30H29ClF5N5O4/c1-13-39-28(41(40-13)19-9-15(29(2)7-8-29)3-5-17(19)30(34,35)36)27-24(43)23(26-25(45-27)20(42)12-44-26)38-11-14(10-37)16-4-6-18(31)22(33)21(16)32/h3-6,9-11,20,23-27,42-43H,7-8,12,37H2,1-2H3/p+1/b14-10+,38-11?/t20?,23?,24?,25?,26-,27-/m1/s1. The second-order valence-corrected chi connectivity index (χ2v) is 12.2. The fourth-order valence-corrected chi connectivity index (χ4v) is 6.02. The van der Waals surface area contributed by atoms with E-state index in [1.54, 1.807) is 0 Å². The minimum Gasteiger partial charge on any atom is -0.404 e. The summed E-state index contributed by atoms with van der Waals surface area (Å²) < 4.78 is 84.5. The number of hydrogen-bond acceptors (Lipinski definition) is 7. The molecule has 1 aromatic heterocycles. The van der Waals surface area contributed by atoms with Crippen molar-refractivity contribution in [2.24, 2.45) is 5.73 Å². The van der Waals surface area contributed by atoms with Crippen molar-refractivity contribution >= 4 is 23.4 Å². The van der Waals surface area contributed by atoms with Crippen LogP contribution < -0.4 is 10.7 Å². The Kier molecular flexibility index (Phi) is 8.01. The third-order valence-electron chi connectivity index (χ3n) is 8.68. The third kappa shape index (κ3) is 5.63. The zero-order valence-electron chi connectivity index (χ0n) is 24.0. The fraction of sp³-hybridized carbons (Fsp3) is 0.433. The maximum atomic E-state index is 14.7. The van der Waals surface area contributed by atoms with Crippen LogP contribution in [-0.2, 0) is 21.1 Å². The summed E-state index contributed by atoms with van der Waals surface area (Å²) in [6.07, 6.45) is -6.93. The van der Waals surface area contributed by atoms with Gasteiger partial charge >= 0.3 is 6.18 Å². The molecule has 4 unspecified atom stereocenters. The van der Waals surface area contributed by atoms with Gasteiger partial charge in [-0.15, -0.1) is 0 Å². The Morgan fingerprint density at radius 2 is 1.89 bits per heavy atom. The normalized spacial score (nSPS) is 28.1. The van der Waals surface area contributed by atoms with E-state index >= 15 is 0 Å². The molecule has 3 aliphatic rings. The molecule has 45 heavy (non-hydrogen) atoms. The highest BCUT2D eigenvalue weighted by Gasteiger charge is 2.56. The Morgan fingerprint density at radius 1 is 1.16 bits per heavy atom. The first-order valence-corrected chi connectivity index (χ1v) is 14.5. The van der Waals surface area contributed by atoms with Crippen LogP contribution in [0.1, 0.15) is 54.2 Å². The molecule has 240 valence electrons. The zero-order chi connectivity index (χ0) is 32.4. The molecule has 3 aromatic rings. The van der Waals surface area contributed by atoms with Gasteiger partial charge in [0.15, 0.2) is 42.0 Å². The van der Waals surface area contributed by atoms with Crippen LogP contribution in [0.2, 0.25) is 5.02 Å². The molecule has 3 fully saturated rings. The second-order valence-electron chi connectivity index (χ2n) is 11.8. The SMILES string of the molecule is Cc1nc([C@@H]2OC3C(O)CO[C@@H]3C([NH+]=C/C(=C\N)c3ccc(Cl)c(F)c3F)C2O)n(-c2cc(C3(C)CC3)ccc2C(F)(F)F)n1. The number of nitrogens with two attached hydrogens (primary N) is 1. The number of nitrogens with one attached hydrogen (secondary N) is 1. The van der Waals surface area contributed by atoms with Gasteiger partial charge in [-0.05, 0) is 55.0 Å². The molecular formula is C30H30ClF5N5O4+. The van der Waals surface area contributed by atoms with Gasteiger partial charge in [-0.25, -0.2) is 23.4 Å². The van der Waals surface area contributed by atoms with Gasteiger partial charge < -0.3 is 25.4 Å². The number of aromatic nitrogens is 3. The Hall–Kier alpha value is -3.43. The van der Waals surface area contributed by atoms with Crippen LogP contribution >= 0.6 is 11.6 Å². The van der Waals surface area contributed by atoms with E-state index in [0.29, 0.717) is 5.56 Å². The van der Waals surface area contributed by atoms with Crippen LogP contribution in [0.25, 0.3) is 11.3 Å². The number of hydrogen-bond donors (Lipinski definition) is 4. The lowest BCUT2D eigenvalue weighted by Crippen LogP contribution is -2.86. The number of aryl methyl sites for hydroxylation is 1. The summed E-state index contributed by atoms with van der Waals surface area (Å²) in [4.78, 5) is 7.27. The van der Waals surface area contributed by atoms with Crippen molar-refractivity contribution < 1.29 is 46.6 Å². The Morgan fingerprint density at radius 3 is 2.56 bits per heavy atom. The van der Waals surface area contributed by atoms with Crippen molar-refractivity contribution in [3.05, 3.63) is 81.5 Å². The highest BCUT2D eigenvalue weighted by molar-refractivity contribution is 6.30. The van der Waals surface area contributed by atoms with Crippen molar-refractivity contribution in [3.63, 3.8) is 0 Å². The highest BCUT2D eigenvalue weighted by Crippen LogP contribution is 2.49. The number of fused-ring (bicyclic) bond motifs is 1. The summed E-state index contributed by atoms with van der Waals surface area (Å²) in [5.41, 5.74) is 4.69. The molecule has 15 heteroatoms. The maximum Gasteiger partial charge on any atom is 0.418 e. The third-order valence-corrected chi connectivity index (χ3v) is 8.97. The van der Waals surface area contributed by atoms with E-state index in [4.69, 9.17) is 26.8 Å². The Bertz CT molecular complexity index is 1690. The molecule has 0 amide bonds. The second kappa shape index (κ2) is 11.4. The van der Waals surface area contributed by atoms with Gasteiger partial charge in [0.2, 0.25) is 6.04 Å². The molecule has 2 aromatic carbocycles. The van der Waals surface area contributed by atoms with E-state index in [1.807, 2.05) is 6.92 Å². The number of ether oxygens (including phenoxy) is 2. The van der Waals surface area contributed by atoms with E-state index < -0.39 is 65.0 Å². The summed E-state index contributed by atoms with van der Waals surface area (Å²) >= 11 is 5.67. The number of alkyl halides is 3. The van der Waals surface area contributed by atoms with Crippen LogP contribution in [-0.4, -0.2) is 68.3 Å². The number of rotatable bonds is 6. The van der Waals surface area contributed by atoms with E-state index in [-0.39, 0.29) is 40.5 Å². The van der Waals surface area contributed by atoms with Gasteiger partial charge in [0.25, 0.3) is 0 Å². The van der Waals surface area contributed by atoms with Crippen molar-refractivity contribution in [1.82, 2.24) is 14.8 Å². The van der Waals surface area contributed by atoms with E-state index in [2.05, 4.69) is 15.1 Å². The molecule has 9 nitrogen and oxygen atoms in total. The maximum absolute atomic E-state index is 14.7. The number of nitrogens with zero attached hydrogens (tertiary/aromatic N) is 3. The molecule has 5 N–H and O–H groups in total. The van der Waals surface area contributed by atoms with E-state index in [9.17, 15) is 32.2 Å². The quantitative estimate of drug-likeness (QED) is 0.183. The number of aliphatic hydroxyl groups excluding tert-OH is 2. The minimum absolute atomic E-state index is 0.00683. The molecule has 2 aliphatic heterocycles. The first-order chi connectivity index (χ1) is 21.2. The Balaban J connectivity index is 1.41. The summed E-state index contributed by atoms with van der Waals surface area (Å²) in [6, 6.07) is 5.20. The molecule has 0 spiro atoms. The average molecular weight is 655 g/mol. The molecule has 0 bridgehead atoms. The summed E-state index contributed by atoms with van der Waals surface area (Å²) in [5.74, 6) is -2.54. The van der Waals surface area contributed by atoms with E-state index in [0.717, 1.165) is 35.9 Å². The number of allylic oxidation sites excluding steroid dienone is 1. The van der Waals surface area contributed by atoms with Gasteiger partial charge in [-0.1, -0.05) is 24.6 Å². The lowest BCUT2D eigenvalue weighted by molar-refractivity contribution is -0.539. The number of benzene rings is 2. The van der Waals surface area contributed by atoms with Gasteiger partial charge in [0.05, 0.1) is 28.5 Å². The van der Waals surface area contributed by atoms with Gasteiger partial charge in [0.1, 0.15) is 18.0 Å². The molecule has 2 saturated heterocycles. The summed E-state index contributed by atoms with van der Waals surface area (Å²) in [7, 11) is 0. The van der Waals surface area contributed by atoms with Crippen molar-refractivity contribution in [1.29, 1.82) is 0 Å². The van der Waals surface area contributed by atoms with Gasteiger partial charge in [0, 0.05) is 11.8 Å². The van der Waals surface area contributed by atoms with Gasteiger partial charge in [-0.2, -0.15) is 18.3 Å². The average Bonchev–Trinajstić information content (AvgIpc) is 3.47. The lowest BCUT2D eigenvalue weighted by Gasteiger charge is -2.37. The first-order valence-electron chi connectivity index (χ1n) is 14.2. The topological polar surface area (TPSA) is 130 Å². The van der Waals surface area contributed by atoms with Crippen LogP contribution in [0.3, 0.4) is 0 Å². The Labute approximate surface area is 259 Å². The summed E-state index contributed by atoms with van der Waals surface area (Å²) in [6.45, 7) is 3.30. The molecular weight excluding hydrogens is 625 g/mol. The molecule has 1 saturated carbocycles. The zero-order valence-corrected chi connectivity index (χ0v) is 24.8. The fourth-order valence-electron chi connectivity index (χ4n) is 5.88. The van der Waals surface area contributed by atoms with Crippen LogP contribution in [0.4, 0.5) is 22.0 Å². The monoisotopic (exact) mass is 654 g/mol. The molecule has 0 radical (unpaired) electrons. The highest BCUT2D eigenvalue weighted by atomic mass is 35.5. The number of aliphatic hydroxyl groups is 2. The number of halogens is 6. The molecule has 1 aliphatic carbocycles. The predicted octanol–water partition coefficient (Wildman–Crippen LogP) is 2.66. The van der Waals surface area contributed by atoms with Crippen molar-refractivity contribution in [2.75, 3.05) is 6.61 Å². The minimum atomic E-state index is -4.73. The van der Waals surface area contributed by atoms with Gasteiger partial charge in [-0.3, -0.25) is 0 Å². The molecule has 6 atom stereocenters. The first kappa shape index (κ1) is 31.5. The van der Waals surface area contributed by atoms with Crippen LogP contribution in [0.15, 0.2) is 36.5 Å². The van der Waals surface area contributed by atoms with Crippen LogP contribution in [0.5, 0.6) is 0 Å². The molecule has 3 heterocycles. The van der Waals surface area contributed by atoms with E-state index in [1.165, 1.54) is 31.3 Å². The summed E-state index contributed by atoms with van der Waals surface area (Å²) in [5, 5.41) is 26.1. The smallest absolute Gasteiger partial charge is 0.404 e. The van der Waals surface area contributed by atoms with Crippen molar-refractivity contribution in [3.8, 4) is 5.69 Å².